The monoisotopic (exact) mass is 206 g/mol. The molecule has 0 spiro atoms. The van der Waals surface area contributed by atoms with Gasteiger partial charge in [0.2, 0.25) is 0 Å². The number of thiophene rings is 1. The normalized spacial score (nSPS) is 13.0. The molecule has 0 fully saturated rings. The van der Waals surface area contributed by atoms with Gasteiger partial charge in [0.25, 0.3) is 0 Å². The van der Waals surface area contributed by atoms with Gasteiger partial charge in [-0.3, -0.25) is 0 Å². The molecule has 1 unspecified atom stereocenters. The van der Waals surface area contributed by atoms with Crippen LogP contribution in [-0.2, 0) is 6.54 Å². The Bertz CT molecular complexity index is 387. The highest BCUT2D eigenvalue weighted by molar-refractivity contribution is 7.09. The van der Waals surface area contributed by atoms with Crippen LogP contribution in [0.1, 0.15) is 23.4 Å². The zero-order valence-corrected chi connectivity index (χ0v) is 9.00. The van der Waals surface area contributed by atoms with Crippen molar-refractivity contribution in [2.75, 3.05) is 0 Å². The van der Waals surface area contributed by atoms with Gasteiger partial charge in [-0.25, -0.2) is 0 Å². The fourth-order valence-electron chi connectivity index (χ4n) is 1.41. The van der Waals surface area contributed by atoms with E-state index in [0.29, 0.717) is 0 Å². The standard InChI is InChI=1S/C11H14N2S/c1-9(12)10-4-5-13(7-10)8-11-3-2-6-14-11/h2-7,9H,8,12H2,1H3. The number of nitrogens with zero attached hydrogens (tertiary/aromatic N) is 1. The minimum Gasteiger partial charge on any atom is -0.349 e. The second-order valence-corrected chi connectivity index (χ2v) is 4.52. The highest BCUT2D eigenvalue weighted by Crippen LogP contribution is 2.14. The fraction of sp³-hybridized carbons (Fsp3) is 0.273. The minimum atomic E-state index is 0.125. The van der Waals surface area contributed by atoms with Gasteiger partial charge >= 0.3 is 0 Å². The molecule has 0 saturated carbocycles. The van der Waals surface area contributed by atoms with Gasteiger partial charge in [0.05, 0.1) is 6.54 Å². The minimum absolute atomic E-state index is 0.125. The van der Waals surface area contributed by atoms with Crippen molar-refractivity contribution in [2.45, 2.75) is 19.5 Å². The van der Waals surface area contributed by atoms with Gasteiger partial charge in [-0.15, -0.1) is 11.3 Å². The van der Waals surface area contributed by atoms with Crippen molar-refractivity contribution in [1.29, 1.82) is 0 Å². The molecular weight excluding hydrogens is 192 g/mol. The molecular formula is C11H14N2S. The predicted molar refractivity (Wildman–Crippen MR) is 60.5 cm³/mol. The molecule has 3 heteroatoms. The van der Waals surface area contributed by atoms with Crippen LogP contribution in [0.2, 0.25) is 0 Å². The van der Waals surface area contributed by atoms with E-state index in [1.54, 1.807) is 11.3 Å². The summed E-state index contributed by atoms with van der Waals surface area (Å²) in [6.07, 6.45) is 4.20. The van der Waals surface area contributed by atoms with E-state index in [4.69, 9.17) is 5.73 Å². The van der Waals surface area contributed by atoms with E-state index in [0.717, 1.165) is 6.54 Å². The lowest BCUT2D eigenvalue weighted by Gasteiger charge is -2.01. The Morgan fingerprint density at radius 3 is 2.93 bits per heavy atom. The zero-order valence-electron chi connectivity index (χ0n) is 8.18. The Kier molecular flexibility index (Phi) is 2.70. The van der Waals surface area contributed by atoms with Gasteiger partial charge in [-0.2, -0.15) is 0 Å². The summed E-state index contributed by atoms with van der Waals surface area (Å²) in [7, 11) is 0. The third-order valence-electron chi connectivity index (χ3n) is 2.22. The first-order valence-electron chi connectivity index (χ1n) is 4.69. The lowest BCUT2D eigenvalue weighted by Crippen LogP contribution is -2.03. The summed E-state index contributed by atoms with van der Waals surface area (Å²) in [5, 5.41) is 2.10. The highest BCUT2D eigenvalue weighted by atomic mass is 32.1. The zero-order chi connectivity index (χ0) is 9.97. The Hall–Kier alpha value is -1.06. The first-order valence-corrected chi connectivity index (χ1v) is 5.57. The largest absolute Gasteiger partial charge is 0.349 e. The van der Waals surface area contributed by atoms with E-state index in [2.05, 4.69) is 40.5 Å². The summed E-state index contributed by atoms with van der Waals surface area (Å²) in [6, 6.07) is 6.43. The lowest BCUT2D eigenvalue weighted by atomic mass is 10.2. The topological polar surface area (TPSA) is 30.9 Å². The van der Waals surface area contributed by atoms with E-state index < -0.39 is 0 Å². The Morgan fingerprint density at radius 1 is 1.50 bits per heavy atom. The second kappa shape index (κ2) is 3.98. The molecule has 0 bridgehead atoms. The van der Waals surface area contributed by atoms with Crippen LogP contribution in [0.4, 0.5) is 0 Å². The van der Waals surface area contributed by atoms with Crippen molar-refractivity contribution in [2.24, 2.45) is 5.73 Å². The molecule has 2 nitrogen and oxygen atoms in total. The van der Waals surface area contributed by atoms with Crippen LogP contribution in [0.15, 0.2) is 36.0 Å². The molecule has 14 heavy (non-hydrogen) atoms. The third-order valence-corrected chi connectivity index (χ3v) is 3.08. The number of hydrogen-bond acceptors (Lipinski definition) is 2. The van der Waals surface area contributed by atoms with Crippen LogP contribution in [0, 0.1) is 0 Å². The lowest BCUT2D eigenvalue weighted by molar-refractivity contribution is 0.784. The number of nitrogens with two attached hydrogens (primary N) is 1. The molecule has 2 aromatic rings. The maximum absolute atomic E-state index is 5.79. The maximum Gasteiger partial charge on any atom is 0.0563 e. The van der Waals surface area contributed by atoms with Crippen molar-refractivity contribution >= 4 is 11.3 Å². The molecule has 0 radical (unpaired) electrons. The summed E-state index contributed by atoms with van der Waals surface area (Å²) in [5.74, 6) is 0. The second-order valence-electron chi connectivity index (χ2n) is 3.49. The summed E-state index contributed by atoms with van der Waals surface area (Å²) >= 11 is 1.78. The summed E-state index contributed by atoms with van der Waals surface area (Å²) in [6.45, 7) is 2.95. The van der Waals surface area contributed by atoms with Gasteiger partial charge in [0, 0.05) is 23.3 Å². The Labute approximate surface area is 88.0 Å². The molecule has 2 heterocycles. The fourth-order valence-corrected chi connectivity index (χ4v) is 2.12. The van der Waals surface area contributed by atoms with Crippen LogP contribution in [0.5, 0.6) is 0 Å². The van der Waals surface area contributed by atoms with Crippen molar-refractivity contribution in [3.63, 3.8) is 0 Å². The maximum atomic E-state index is 5.79. The third kappa shape index (κ3) is 2.05. The molecule has 0 saturated heterocycles. The molecule has 0 aromatic carbocycles. The van der Waals surface area contributed by atoms with Crippen molar-refractivity contribution < 1.29 is 0 Å². The van der Waals surface area contributed by atoms with Crippen LogP contribution < -0.4 is 5.73 Å². The Morgan fingerprint density at radius 2 is 2.36 bits per heavy atom. The first-order chi connectivity index (χ1) is 6.75. The molecule has 0 aliphatic heterocycles. The van der Waals surface area contributed by atoms with E-state index >= 15 is 0 Å². The molecule has 1 atom stereocenters. The Balaban J connectivity index is 2.11. The summed E-state index contributed by atoms with van der Waals surface area (Å²) < 4.78 is 2.17. The van der Waals surface area contributed by atoms with Crippen molar-refractivity contribution in [1.82, 2.24) is 4.57 Å². The molecule has 0 aliphatic rings. The molecule has 2 N–H and O–H groups in total. The van der Waals surface area contributed by atoms with Gasteiger partial charge < -0.3 is 10.3 Å². The smallest absolute Gasteiger partial charge is 0.0563 e. The van der Waals surface area contributed by atoms with E-state index in [-0.39, 0.29) is 6.04 Å². The molecule has 0 amide bonds. The van der Waals surface area contributed by atoms with Crippen LogP contribution in [0.25, 0.3) is 0 Å². The molecule has 2 aromatic heterocycles. The summed E-state index contributed by atoms with van der Waals surface area (Å²) in [5.41, 5.74) is 6.99. The molecule has 0 aliphatic carbocycles. The highest BCUT2D eigenvalue weighted by Gasteiger charge is 2.02. The SMILES string of the molecule is CC(N)c1ccn(Cc2cccs2)c1. The van der Waals surface area contributed by atoms with Crippen LogP contribution in [-0.4, -0.2) is 4.57 Å². The van der Waals surface area contributed by atoms with Gasteiger partial charge in [0.15, 0.2) is 0 Å². The van der Waals surface area contributed by atoms with Crippen molar-refractivity contribution in [3.05, 3.63) is 46.4 Å². The van der Waals surface area contributed by atoms with Crippen LogP contribution in [0.3, 0.4) is 0 Å². The average molecular weight is 206 g/mol. The first kappa shape index (κ1) is 9.49. The van der Waals surface area contributed by atoms with Crippen LogP contribution >= 0.6 is 11.3 Å². The molecule has 2 rings (SSSR count). The van der Waals surface area contributed by atoms with E-state index in [1.165, 1.54) is 10.4 Å². The number of aromatic nitrogens is 1. The number of hydrogen-bond donors (Lipinski definition) is 1. The van der Waals surface area contributed by atoms with E-state index in [1.807, 2.05) is 6.92 Å². The van der Waals surface area contributed by atoms with Gasteiger partial charge in [-0.1, -0.05) is 6.07 Å². The van der Waals surface area contributed by atoms with Gasteiger partial charge in [-0.05, 0) is 30.0 Å². The van der Waals surface area contributed by atoms with Crippen molar-refractivity contribution in [3.8, 4) is 0 Å². The van der Waals surface area contributed by atoms with E-state index in [9.17, 15) is 0 Å². The quantitative estimate of drug-likeness (QED) is 0.822. The predicted octanol–water partition coefficient (Wildman–Crippen LogP) is 2.62. The average Bonchev–Trinajstić information content (AvgIpc) is 2.75. The number of rotatable bonds is 3. The molecule has 74 valence electrons. The van der Waals surface area contributed by atoms with Gasteiger partial charge in [0.1, 0.15) is 0 Å². The summed E-state index contributed by atoms with van der Waals surface area (Å²) in [4.78, 5) is 1.37.